The van der Waals surface area contributed by atoms with E-state index in [0.29, 0.717) is 17.8 Å². The van der Waals surface area contributed by atoms with Gasteiger partial charge in [-0.2, -0.15) is 4.98 Å². The minimum Gasteiger partial charge on any atom is -0.425 e. The highest BCUT2D eigenvalue weighted by atomic mass is 79.9. The number of halogens is 1. The molecule has 0 spiro atoms. The third kappa shape index (κ3) is 3.16. The van der Waals surface area contributed by atoms with Gasteiger partial charge in [0.15, 0.2) is 11.2 Å². The molecule has 2 aromatic carbocycles. The minimum absolute atomic E-state index is 0.252. The number of ether oxygens (including phenoxy) is 1. The number of nitrogens with zero attached hydrogens (tertiary/aromatic N) is 4. The van der Waals surface area contributed by atoms with E-state index in [9.17, 15) is 9.59 Å². The molecule has 0 atom stereocenters. The van der Waals surface area contributed by atoms with Crippen molar-refractivity contribution in [2.75, 3.05) is 0 Å². The van der Waals surface area contributed by atoms with Crippen LogP contribution in [0.25, 0.3) is 11.2 Å². The number of aromatic nitrogens is 4. The molecule has 2 heterocycles. The SMILES string of the molecule is Cn1c(=O)c2c(nc(Oc3ccccc3)n2Cc2ccc(Br)cc2)n(C)c1=O. The Labute approximate surface area is 168 Å². The minimum atomic E-state index is -0.433. The number of hydrogen-bond donors (Lipinski definition) is 0. The molecule has 0 saturated heterocycles. The van der Waals surface area contributed by atoms with Crippen LogP contribution in [-0.4, -0.2) is 18.7 Å². The number of fused-ring (bicyclic) bond motifs is 1. The zero-order chi connectivity index (χ0) is 19.8. The second-order valence-electron chi connectivity index (χ2n) is 6.40. The fourth-order valence-electron chi connectivity index (χ4n) is 3.02. The summed E-state index contributed by atoms with van der Waals surface area (Å²) in [5.74, 6) is 0.594. The molecule has 0 saturated carbocycles. The average molecular weight is 441 g/mol. The van der Waals surface area contributed by atoms with Crippen molar-refractivity contribution >= 4 is 27.1 Å². The van der Waals surface area contributed by atoms with Crippen molar-refractivity contribution in [1.82, 2.24) is 18.7 Å². The molecule has 0 amide bonds. The molecule has 0 bridgehead atoms. The van der Waals surface area contributed by atoms with Crippen LogP contribution in [0.15, 0.2) is 68.7 Å². The predicted octanol–water partition coefficient (Wildman–Crippen LogP) is 3.04. The highest BCUT2D eigenvalue weighted by molar-refractivity contribution is 9.10. The Bertz CT molecular complexity index is 1270. The fourth-order valence-corrected chi connectivity index (χ4v) is 3.28. The Balaban J connectivity index is 1.95. The average Bonchev–Trinajstić information content (AvgIpc) is 3.05. The van der Waals surface area contributed by atoms with Gasteiger partial charge in [0.05, 0.1) is 6.54 Å². The predicted molar refractivity (Wildman–Crippen MR) is 110 cm³/mol. The molecule has 0 aliphatic heterocycles. The monoisotopic (exact) mass is 440 g/mol. The molecule has 0 radical (unpaired) electrons. The van der Waals surface area contributed by atoms with Gasteiger partial charge in [0, 0.05) is 18.6 Å². The van der Waals surface area contributed by atoms with E-state index in [2.05, 4.69) is 20.9 Å². The van der Waals surface area contributed by atoms with Gasteiger partial charge in [-0.1, -0.05) is 46.3 Å². The lowest BCUT2D eigenvalue weighted by Gasteiger charge is -2.10. The maximum atomic E-state index is 12.9. The first-order valence-corrected chi connectivity index (χ1v) is 9.38. The van der Waals surface area contributed by atoms with Crippen molar-refractivity contribution in [1.29, 1.82) is 0 Å². The second kappa shape index (κ2) is 7.12. The van der Waals surface area contributed by atoms with Crippen molar-refractivity contribution in [2.45, 2.75) is 6.54 Å². The van der Waals surface area contributed by atoms with E-state index >= 15 is 0 Å². The molecular weight excluding hydrogens is 424 g/mol. The number of rotatable bonds is 4. The van der Waals surface area contributed by atoms with Crippen LogP contribution < -0.4 is 16.0 Å². The van der Waals surface area contributed by atoms with Gasteiger partial charge in [0.25, 0.3) is 5.56 Å². The standard InChI is InChI=1S/C20H17BrN4O3/c1-23-17-16(18(26)24(2)20(23)27)25(12-13-8-10-14(21)11-9-13)19(22-17)28-15-6-4-3-5-7-15/h3-11H,12H2,1-2H3. The normalized spacial score (nSPS) is 11.1. The first kappa shape index (κ1) is 18.2. The maximum Gasteiger partial charge on any atom is 0.332 e. The number of hydrogen-bond acceptors (Lipinski definition) is 4. The van der Waals surface area contributed by atoms with Crippen LogP contribution in [0.3, 0.4) is 0 Å². The Kier molecular flexibility index (Phi) is 4.64. The molecule has 2 aromatic heterocycles. The van der Waals surface area contributed by atoms with Crippen molar-refractivity contribution in [3.05, 3.63) is 85.5 Å². The Morgan fingerprint density at radius 2 is 1.64 bits per heavy atom. The molecule has 0 aliphatic carbocycles. The summed E-state index contributed by atoms with van der Waals surface area (Å²) in [6.45, 7) is 0.374. The van der Waals surface area contributed by atoms with Crippen LogP contribution in [0.4, 0.5) is 0 Å². The van der Waals surface area contributed by atoms with Gasteiger partial charge < -0.3 is 4.74 Å². The van der Waals surface area contributed by atoms with Crippen LogP contribution in [0.1, 0.15) is 5.56 Å². The molecule has 4 aromatic rings. The first-order valence-electron chi connectivity index (χ1n) is 8.59. The number of para-hydroxylation sites is 1. The number of benzene rings is 2. The van der Waals surface area contributed by atoms with E-state index < -0.39 is 11.2 Å². The van der Waals surface area contributed by atoms with Gasteiger partial charge in [0.2, 0.25) is 0 Å². The highest BCUT2D eigenvalue weighted by Crippen LogP contribution is 2.25. The summed E-state index contributed by atoms with van der Waals surface area (Å²) in [7, 11) is 3.05. The van der Waals surface area contributed by atoms with E-state index in [4.69, 9.17) is 4.74 Å². The van der Waals surface area contributed by atoms with Crippen molar-refractivity contribution in [3.8, 4) is 11.8 Å². The highest BCUT2D eigenvalue weighted by Gasteiger charge is 2.20. The van der Waals surface area contributed by atoms with Crippen LogP contribution in [0.5, 0.6) is 11.8 Å². The molecule has 0 N–H and O–H groups in total. The summed E-state index contributed by atoms with van der Waals surface area (Å²) in [6.07, 6.45) is 0. The first-order chi connectivity index (χ1) is 13.5. The van der Waals surface area contributed by atoms with E-state index in [1.165, 1.54) is 11.6 Å². The zero-order valence-corrected chi connectivity index (χ0v) is 16.9. The summed E-state index contributed by atoms with van der Waals surface area (Å²) in [5, 5.41) is 0. The second-order valence-corrected chi connectivity index (χ2v) is 7.32. The quantitative estimate of drug-likeness (QED) is 0.488. The van der Waals surface area contributed by atoms with Crippen LogP contribution in [0, 0.1) is 0 Å². The van der Waals surface area contributed by atoms with Crippen molar-refractivity contribution in [2.24, 2.45) is 14.1 Å². The van der Waals surface area contributed by atoms with E-state index in [-0.39, 0.29) is 11.7 Å². The van der Waals surface area contributed by atoms with Gasteiger partial charge in [-0.05, 0) is 29.8 Å². The van der Waals surface area contributed by atoms with Crippen LogP contribution >= 0.6 is 15.9 Å². The third-order valence-corrected chi connectivity index (χ3v) is 5.05. The molecule has 28 heavy (non-hydrogen) atoms. The van der Waals surface area contributed by atoms with Crippen LogP contribution in [-0.2, 0) is 20.6 Å². The summed E-state index contributed by atoms with van der Waals surface area (Å²) in [5.41, 5.74) is 0.730. The molecule has 4 rings (SSSR count). The fraction of sp³-hybridized carbons (Fsp3) is 0.150. The van der Waals surface area contributed by atoms with E-state index in [0.717, 1.165) is 14.6 Å². The summed E-state index contributed by atoms with van der Waals surface area (Å²) in [6, 6.07) is 17.2. The molecule has 0 fully saturated rings. The van der Waals surface area contributed by atoms with E-state index in [1.807, 2.05) is 42.5 Å². The molecule has 142 valence electrons. The van der Waals surface area contributed by atoms with Crippen molar-refractivity contribution < 1.29 is 4.74 Å². The summed E-state index contributed by atoms with van der Waals surface area (Å²) < 4.78 is 11.1. The maximum absolute atomic E-state index is 12.9. The summed E-state index contributed by atoms with van der Waals surface area (Å²) >= 11 is 3.43. The molecule has 0 aliphatic rings. The van der Waals surface area contributed by atoms with Gasteiger partial charge in [-0.3, -0.25) is 18.5 Å². The van der Waals surface area contributed by atoms with Gasteiger partial charge in [0.1, 0.15) is 5.75 Å². The van der Waals surface area contributed by atoms with Gasteiger partial charge in [-0.15, -0.1) is 0 Å². The van der Waals surface area contributed by atoms with Crippen molar-refractivity contribution in [3.63, 3.8) is 0 Å². The topological polar surface area (TPSA) is 71.1 Å². The third-order valence-electron chi connectivity index (χ3n) is 4.52. The molecule has 0 unspecified atom stereocenters. The number of imidazole rings is 1. The number of aryl methyl sites for hydroxylation is 1. The zero-order valence-electron chi connectivity index (χ0n) is 15.3. The Morgan fingerprint density at radius 1 is 0.964 bits per heavy atom. The Hall–Kier alpha value is -3.13. The smallest absolute Gasteiger partial charge is 0.332 e. The lowest BCUT2D eigenvalue weighted by atomic mass is 10.2. The van der Waals surface area contributed by atoms with Crippen LogP contribution in [0.2, 0.25) is 0 Å². The molecule has 7 nitrogen and oxygen atoms in total. The molecule has 8 heteroatoms. The lowest BCUT2D eigenvalue weighted by Crippen LogP contribution is -2.37. The lowest BCUT2D eigenvalue weighted by molar-refractivity contribution is 0.421. The molecular formula is C20H17BrN4O3. The van der Waals surface area contributed by atoms with Gasteiger partial charge >= 0.3 is 11.7 Å². The summed E-state index contributed by atoms with van der Waals surface area (Å²) in [4.78, 5) is 29.6. The Morgan fingerprint density at radius 3 is 2.32 bits per heavy atom. The largest absolute Gasteiger partial charge is 0.425 e. The van der Waals surface area contributed by atoms with Gasteiger partial charge in [-0.25, -0.2) is 4.79 Å². The van der Waals surface area contributed by atoms with E-state index in [1.54, 1.807) is 23.7 Å².